The number of ketones is 2. The van der Waals surface area contributed by atoms with Crippen LogP contribution in [0, 0.1) is 11.3 Å². The molecule has 0 saturated heterocycles. The molecule has 0 saturated carbocycles. The third-order valence-corrected chi connectivity index (χ3v) is 0.962. The Kier molecular flexibility index (Phi) is 4.14. The maximum Gasteiger partial charge on any atom is 0.141 e. The zero-order valence-electron chi connectivity index (χ0n) is 5.89. The van der Waals surface area contributed by atoms with E-state index in [9.17, 15) is 9.59 Å². The van der Waals surface area contributed by atoms with Crippen LogP contribution in [0.2, 0.25) is 0 Å². The lowest BCUT2D eigenvalue weighted by Gasteiger charge is -1.90. The average Bonchev–Trinajstić information content (AvgIpc) is 1.82. The molecule has 0 spiro atoms. The molecule has 0 fully saturated rings. The Labute approximate surface area is 59.6 Å². The van der Waals surface area contributed by atoms with Crippen LogP contribution in [0.1, 0.15) is 26.2 Å². The van der Waals surface area contributed by atoms with E-state index < -0.39 is 0 Å². The molecule has 0 heterocycles. The summed E-state index contributed by atoms with van der Waals surface area (Å²) in [7, 11) is 0. The lowest BCUT2D eigenvalue weighted by Crippen LogP contribution is -2.03. The first-order chi connectivity index (χ1) is 4.66. The molecule has 0 aliphatic heterocycles. The van der Waals surface area contributed by atoms with Crippen LogP contribution in [0.25, 0.3) is 0 Å². The lowest BCUT2D eigenvalue weighted by molar-refractivity contribution is -0.125. The van der Waals surface area contributed by atoms with Gasteiger partial charge in [-0.2, -0.15) is 5.26 Å². The molecule has 0 aromatic rings. The smallest absolute Gasteiger partial charge is 0.141 e. The number of carbonyl (C=O) groups is 2. The molecule has 0 aromatic heterocycles. The van der Waals surface area contributed by atoms with Crippen LogP contribution in [-0.4, -0.2) is 11.6 Å². The molecule has 0 aliphatic rings. The third-order valence-electron chi connectivity index (χ3n) is 0.962. The van der Waals surface area contributed by atoms with Crippen LogP contribution >= 0.6 is 0 Å². The van der Waals surface area contributed by atoms with E-state index in [1.807, 2.05) is 6.07 Å². The fraction of sp³-hybridized carbons (Fsp3) is 0.571. The first-order valence-corrected chi connectivity index (χ1v) is 3.05. The fourth-order valence-electron chi connectivity index (χ4n) is 0.561. The van der Waals surface area contributed by atoms with Crippen molar-refractivity contribution in [1.29, 1.82) is 5.26 Å². The lowest BCUT2D eigenvalue weighted by atomic mass is 10.1. The number of nitriles is 1. The normalized spacial score (nSPS) is 8.40. The van der Waals surface area contributed by atoms with Gasteiger partial charge in [-0.15, -0.1) is 0 Å². The summed E-state index contributed by atoms with van der Waals surface area (Å²) in [5.74, 6) is -0.281. The zero-order chi connectivity index (χ0) is 7.98. The molecule has 0 amide bonds. The number of hydrogen-bond acceptors (Lipinski definition) is 3. The van der Waals surface area contributed by atoms with E-state index in [4.69, 9.17) is 5.26 Å². The second-order valence-corrected chi connectivity index (χ2v) is 2.08. The van der Waals surface area contributed by atoms with Crippen molar-refractivity contribution in [2.45, 2.75) is 26.2 Å². The van der Waals surface area contributed by atoms with E-state index in [2.05, 4.69) is 0 Å². The molecule has 0 aliphatic carbocycles. The molecule has 10 heavy (non-hydrogen) atoms. The molecule has 0 bridgehead atoms. The first kappa shape index (κ1) is 8.83. The quantitative estimate of drug-likeness (QED) is 0.542. The van der Waals surface area contributed by atoms with Crippen molar-refractivity contribution >= 4 is 11.6 Å². The highest BCUT2D eigenvalue weighted by atomic mass is 16.1. The van der Waals surface area contributed by atoms with E-state index >= 15 is 0 Å². The topological polar surface area (TPSA) is 57.9 Å². The SMILES string of the molecule is CC(=O)CC(=O)CCC#N. The molecular weight excluding hydrogens is 130 g/mol. The molecule has 0 atom stereocenters. The summed E-state index contributed by atoms with van der Waals surface area (Å²) >= 11 is 0. The Bertz CT molecular complexity index is 179. The second kappa shape index (κ2) is 4.68. The Balaban J connectivity index is 3.47. The number of rotatable bonds is 4. The van der Waals surface area contributed by atoms with Crippen molar-refractivity contribution in [2.75, 3.05) is 0 Å². The highest BCUT2D eigenvalue weighted by molar-refractivity contribution is 5.97. The van der Waals surface area contributed by atoms with E-state index in [0.29, 0.717) is 0 Å². The Hall–Kier alpha value is -1.17. The first-order valence-electron chi connectivity index (χ1n) is 3.05. The van der Waals surface area contributed by atoms with Gasteiger partial charge in [0, 0.05) is 12.8 Å². The van der Waals surface area contributed by atoms with Crippen molar-refractivity contribution in [2.24, 2.45) is 0 Å². The minimum Gasteiger partial charge on any atom is -0.300 e. The molecule has 0 rings (SSSR count). The summed E-state index contributed by atoms with van der Waals surface area (Å²) in [6, 6.07) is 1.84. The summed E-state index contributed by atoms with van der Waals surface area (Å²) in [4.78, 5) is 21.0. The fourth-order valence-corrected chi connectivity index (χ4v) is 0.561. The van der Waals surface area contributed by atoms with Gasteiger partial charge >= 0.3 is 0 Å². The number of hydrogen-bond donors (Lipinski definition) is 0. The highest BCUT2D eigenvalue weighted by Crippen LogP contribution is 1.93. The summed E-state index contributed by atoms with van der Waals surface area (Å²) in [5, 5.41) is 8.06. The van der Waals surface area contributed by atoms with Gasteiger partial charge in [0.2, 0.25) is 0 Å². The molecule has 0 radical (unpaired) electrons. The molecule has 0 aromatic carbocycles. The van der Waals surface area contributed by atoms with Crippen molar-refractivity contribution in [3.8, 4) is 6.07 Å². The van der Waals surface area contributed by atoms with E-state index in [0.717, 1.165) is 0 Å². The van der Waals surface area contributed by atoms with E-state index in [1.165, 1.54) is 6.92 Å². The van der Waals surface area contributed by atoms with Gasteiger partial charge in [0.25, 0.3) is 0 Å². The van der Waals surface area contributed by atoms with Crippen molar-refractivity contribution in [3.63, 3.8) is 0 Å². The largest absolute Gasteiger partial charge is 0.300 e. The standard InChI is InChI=1S/C7H9NO2/c1-6(9)5-7(10)3-2-4-8/h2-3,5H2,1H3. The predicted molar refractivity (Wildman–Crippen MR) is 35.2 cm³/mol. The third kappa shape index (κ3) is 4.98. The van der Waals surface area contributed by atoms with Gasteiger partial charge < -0.3 is 0 Å². The van der Waals surface area contributed by atoms with Crippen LogP contribution in [-0.2, 0) is 9.59 Å². The van der Waals surface area contributed by atoms with Gasteiger partial charge in [0.15, 0.2) is 0 Å². The van der Waals surface area contributed by atoms with Crippen molar-refractivity contribution < 1.29 is 9.59 Å². The molecule has 54 valence electrons. The Morgan fingerprint density at radius 2 is 2.10 bits per heavy atom. The zero-order valence-corrected chi connectivity index (χ0v) is 5.89. The van der Waals surface area contributed by atoms with Crippen LogP contribution in [0.5, 0.6) is 0 Å². The Morgan fingerprint density at radius 1 is 1.50 bits per heavy atom. The summed E-state index contributed by atoms with van der Waals surface area (Å²) in [6.07, 6.45) is 0.393. The van der Waals surface area contributed by atoms with Gasteiger partial charge in [0.1, 0.15) is 11.6 Å². The molecule has 3 nitrogen and oxygen atoms in total. The van der Waals surface area contributed by atoms with Crippen LogP contribution in [0.3, 0.4) is 0 Å². The highest BCUT2D eigenvalue weighted by Gasteiger charge is 2.03. The van der Waals surface area contributed by atoms with Gasteiger partial charge in [-0.1, -0.05) is 0 Å². The minimum atomic E-state index is -0.144. The van der Waals surface area contributed by atoms with E-state index in [1.54, 1.807) is 0 Å². The van der Waals surface area contributed by atoms with Gasteiger partial charge in [-0.25, -0.2) is 0 Å². The van der Waals surface area contributed by atoms with Crippen LogP contribution in [0.15, 0.2) is 0 Å². The Morgan fingerprint density at radius 3 is 2.50 bits per heavy atom. The summed E-state index contributed by atoms with van der Waals surface area (Å²) < 4.78 is 0. The van der Waals surface area contributed by atoms with Crippen molar-refractivity contribution in [3.05, 3.63) is 0 Å². The maximum absolute atomic E-state index is 10.6. The molecule has 3 heteroatoms. The maximum atomic E-state index is 10.6. The summed E-state index contributed by atoms with van der Waals surface area (Å²) in [5.41, 5.74) is 0. The average molecular weight is 139 g/mol. The second-order valence-electron chi connectivity index (χ2n) is 2.08. The molecule has 0 unspecified atom stereocenters. The van der Waals surface area contributed by atoms with Gasteiger partial charge in [0.05, 0.1) is 12.5 Å². The minimum absolute atomic E-state index is 0.0261. The van der Waals surface area contributed by atoms with Crippen LogP contribution in [0.4, 0.5) is 0 Å². The van der Waals surface area contributed by atoms with Crippen molar-refractivity contribution in [1.82, 2.24) is 0 Å². The predicted octanol–water partition coefficient (Wildman–Crippen LogP) is 0.838. The number of Topliss-reactive ketones (excluding diaryl/α,β-unsaturated/α-hetero) is 2. The molecule has 0 N–H and O–H groups in total. The van der Waals surface area contributed by atoms with Gasteiger partial charge in [-0.3, -0.25) is 9.59 Å². The molecular formula is C7H9NO2. The number of carbonyl (C=O) groups excluding carboxylic acids is 2. The number of nitrogens with zero attached hydrogens (tertiary/aromatic N) is 1. The van der Waals surface area contributed by atoms with Crippen LogP contribution < -0.4 is 0 Å². The van der Waals surface area contributed by atoms with Gasteiger partial charge in [-0.05, 0) is 6.92 Å². The summed E-state index contributed by atoms with van der Waals surface area (Å²) in [6.45, 7) is 1.37. The van der Waals surface area contributed by atoms with E-state index in [-0.39, 0.29) is 30.8 Å². The monoisotopic (exact) mass is 139 g/mol.